The Bertz CT molecular complexity index is 1260. The summed E-state index contributed by atoms with van der Waals surface area (Å²) in [6.45, 7) is 4.12. The average molecular weight is 478 g/mol. The quantitative estimate of drug-likeness (QED) is 0.410. The van der Waals surface area contributed by atoms with Gasteiger partial charge in [0.15, 0.2) is 5.78 Å². The number of rotatable bonds is 6. The minimum Gasteiger partial charge on any atom is -0.344 e. The molecule has 4 aromatic rings. The van der Waals surface area contributed by atoms with Crippen LogP contribution in [-0.4, -0.2) is 31.2 Å². The predicted octanol–water partition coefficient (Wildman–Crippen LogP) is 4.58. The first kappa shape index (κ1) is 20.9. The number of anilines is 1. The number of carbonyl (C=O) groups is 2. The number of pyridine rings is 3. The number of fused-ring (bicyclic) bond motifs is 1. The molecule has 156 valence electrons. The van der Waals surface area contributed by atoms with E-state index < -0.39 is 0 Å². The van der Waals surface area contributed by atoms with Crippen LogP contribution in [0.2, 0.25) is 0 Å². The fourth-order valence-electron chi connectivity index (χ4n) is 3.37. The molecule has 4 aromatic heterocycles. The molecule has 0 atom stereocenters. The van der Waals surface area contributed by atoms with Crippen molar-refractivity contribution in [2.75, 3.05) is 5.32 Å². The Hall–Kier alpha value is -3.39. The highest BCUT2D eigenvalue weighted by molar-refractivity contribution is 9.10. The van der Waals surface area contributed by atoms with Crippen molar-refractivity contribution in [2.24, 2.45) is 0 Å². The fourth-order valence-corrected chi connectivity index (χ4v) is 3.61. The van der Waals surface area contributed by atoms with Crippen molar-refractivity contribution < 1.29 is 9.59 Å². The van der Waals surface area contributed by atoms with E-state index in [4.69, 9.17) is 0 Å². The maximum atomic E-state index is 13.2. The second-order valence-electron chi connectivity index (χ2n) is 7.42. The van der Waals surface area contributed by atoms with E-state index in [-0.39, 0.29) is 24.2 Å². The van der Waals surface area contributed by atoms with Gasteiger partial charge in [-0.2, -0.15) is 0 Å². The zero-order chi connectivity index (χ0) is 22.0. The third-order valence-corrected chi connectivity index (χ3v) is 5.32. The van der Waals surface area contributed by atoms with Crippen molar-refractivity contribution >= 4 is 44.2 Å². The van der Waals surface area contributed by atoms with Gasteiger partial charge in [-0.15, -0.1) is 0 Å². The Morgan fingerprint density at radius 1 is 1.10 bits per heavy atom. The highest BCUT2D eigenvalue weighted by Crippen LogP contribution is 2.26. The van der Waals surface area contributed by atoms with Crippen LogP contribution in [0.4, 0.5) is 5.69 Å². The summed E-state index contributed by atoms with van der Waals surface area (Å²) >= 11 is 3.32. The molecule has 0 fully saturated rings. The lowest BCUT2D eigenvalue weighted by Gasteiger charge is -2.08. The average Bonchev–Trinajstić information content (AvgIpc) is 3.15. The predicted molar refractivity (Wildman–Crippen MR) is 122 cm³/mol. The third kappa shape index (κ3) is 4.54. The summed E-state index contributed by atoms with van der Waals surface area (Å²) in [5.41, 5.74) is 3.01. The lowest BCUT2D eigenvalue weighted by atomic mass is 10.0. The zero-order valence-electron chi connectivity index (χ0n) is 17.0. The molecular weight excluding hydrogens is 458 g/mol. The monoisotopic (exact) mass is 477 g/mol. The second kappa shape index (κ2) is 8.77. The molecule has 0 radical (unpaired) electrons. The molecule has 0 saturated heterocycles. The highest BCUT2D eigenvalue weighted by Gasteiger charge is 2.19. The van der Waals surface area contributed by atoms with Gasteiger partial charge in [0.1, 0.15) is 0 Å². The van der Waals surface area contributed by atoms with Gasteiger partial charge in [0, 0.05) is 63.7 Å². The first-order valence-electron chi connectivity index (χ1n) is 9.77. The van der Waals surface area contributed by atoms with E-state index in [9.17, 15) is 9.59 Å². The van der Waals surface area contributed by atoms with Crippen molar-refractivity contribution in [3.05, 3.63) is 82.7 Å². The molecule has 0 aliphatic rings. The number of ketones is 1. The third-order valence-electron chi connectivity index (χ3n) is 4.85. The standard InChI is InChI=1S/C23H20BrN5O2/c1-14(2)29-13-20(19-12-25-6-5-21(19)29)23(31)15-7-18(11-26-9-15)28-22(30)8-17-4-3-16(24)10-27-17/h3-7,9-14H,8H2,1-2H3,(H,28,30). The molecule has 0 bridgehead atoms. The van der Waals surface area contributed by atoms with Gasteiger partial charge in [-0.25, -0.2) is 0 Å². The molecule has 31 heavy (non-hydrogen) atoms. The van der Waals surface area contributed by atoms with Crippen LogP contribution < -0.4 is 5.32 Å². The van der Waals surface area contributed by atoms with Gasteiger partial charge in [-0.3, -0.25) is 24.5 Å². The number of hydrogen-bond acceptors (Lipinski definition) is 5. The topological polar surface area (TPSA) is 89.8 Å². The molecule has 1 N–H and O–H groups in total. The molecule has 1 amide bonds. The van der Waals surface area contributed by atoms with Crippen LogP contribution in [0.1, 0.15) is 41.5 Å². The Labute approximate surface area is 187 Å². The van der Waals surface area contributed by atoms with Crippen LogP contribution in [0.3, 0.4) is 0 Å². The van der Waals surface area contributed by atoms with Crippen molar-refractivity contribution in [3.63, 3.8) is 0 Å². The van der Waals surface area contributed by atoms with Crippen LogP contribution in [0.15, 0.2) is 65.9 Å². The number of carbonyl (C=O) groups excluding carboxylic acids is 2. The Morgan fingerprint density at radius 2 is 1.94 bits per heavy atom. The molecular formula is C23H20BrN5O2. The summed E-state index contributed by atoms with van der Waals surface area (Å²) in [7, 11) is 0. The molecule has 0 spiro atoms. The van der Waals surface area contributed by atoms with E-state index in [0.717, 1.165) is 15.4 Å². The summed E-state index contributed by atoms with van der Waals surface area (Å²) < 4.78 is 2.90. The lowest BCUT2D eigenvalue weighted by molar-refractivity contribution is -0.115. The summed E-state index contributed by atoms with van der Waals surface area (Å²) in [6, 6.07) is 7.34. The van der Waals surface area contributed by atoms with Crippen molar-refractivity contribution in [1.82, 2.24) is 19.5 Å². The van der Waals surface area contributed by atoms with Gasteiger partial charge in [-0.1, -0.05) is 0 Å². The van der Waals surface area contributed by atoms with Crippen LogP contribution in [0.5, 0.6) is 0 Å². The minimum atomic E-state index is -0.234. The first-order valence-corrected chi connectivity index (χ1v) is 10.6. The number of nitrogens with zero attached hydrogens (tertiary/aromatic N) is 4. The van der Waals surface area contributed by atoms with Crippen LogP contribution >= 0.6 is 15.9 Å². The largest absolute Gasteiger partial charge is 0.344 e. The Morgan fingerprint density at radius 3 is 2.68 bits per heavy atom. The summed E-state index contributed by atoms with van der Waals surface area (Å²) in [4.78, 5) is 38.2. The van der Waals surface area contributed by atoms with E-state index in [2.05, 4.69) is 54.6 Å². The normalized spacial score (nSPS) is 11.1. The molecule has 7 nitrogen and oxygen atoms in total. The van der Waals surface area contributed by atoms with Crippen LogP contribution in [0, 0.1) is 0 Å². The van der Waals surface area contributed by atoms with Gasteiger partial charge in [0.05, 0.1) is 23.8 Å². The first-order chi connectivity index (χ1) is 14.9. The number of nitrogens with one attached hydrogen (secondary N) is 1. The number of aromatic nitrogens is 4. The summed E-state index contributed by atoms with van der Waals surface area (Å²) in [5.74, 6) is -0.405. The number of hydrogen-bond donors (Lipinski definition) is 1. The SMILES string of the molecule is CC(C)n1cc(C(=O)c2cncc(NC(=O)Cc3ccc(Br)cn3)c2)c2cnccc21. The van der Waals surface area contributed by atoms with E-state index >= 15 is 0 Å². The van der Waals surface area contributed by atoms with Gasteiger partial charge >= 0.3 is 0 Å². The number of amides is 1. The molecule has 0 unspecified atom stereocenters. The molecule has 4 rings (SSSR count). The van der Waals surface area contributed by atoms with E-state index in [1.807, 2.05) is 18.3 Å². The van der Waals surface area contributed by atoms with Crippen LogP contribution in [-0.2, 0) is 11.2 Å². The maximum Gasteiger partial charge on any atom is 0.230 e. The van der Waals surface area contributed by atoms with Gasteiger partial charge in [0.2, 0.25) is 5.91 Å². The van der Waals surface area contributed by atoms with Gasteiger partial charge in [0.25, 0.3) is 0 Å². The second-order valence-corrected chi connectivity index (χ2v) is 8.34. The zero-order valence-corrected chi connectivity index (χ0v) is 18.6. The molecule has 4 heterocycles. The van der Waals surface area contributed by atoms with Gasteiger partial charge in [-0.05, 0) is 54.0 Å². The molecule has 0 aliphatic carbocycles. The van der Waals surface area contributed by atoms with Gasteiger partial charge < -0.3 is 9.88 Å². The van der Waals surface area contributed by atoms with Crippen molar-refractivity contribution in [2.45, 2.75) is 26.3 Å². The Kier molecular flexibility index (Phi) is 5.90. The van der Waals surface area contributed by atoms with E-state index in [0.29, 0.717) is 22.5 Å². The van der Waals surface area contributed by atoms with Crippen molar-refractivity contribution in [1.29, 1.82) is 0 Å². The highest BCUT2D eigenvalue weighted by atomic mass is 79.9. The van der Waals surface area contributed by atoms with Crippen molar-refractivity contribution in [3.8, 4) is 0 Å². The maximum absolute atomic E-state index is 13.2. The molecule has 0 aromatic carbocycles. The van der Waals surface area contributed by atoms with E-state index in [1.165, 1.54) is 12.4 Å². The summed E-state index contributed by atoms with van der Waals surface area (Å²) in [6.07, 6.45) is 10.1. The van der Waals surface area contributed by atoms with E-state index in [1.54, 1.807) is 30.7 Å². The minimum absolute atomic E-state index is 0.124. The number of halogens is 1. The Balaban J connectivity index is 1.57. The summed E-state index contributed by atoms with van der Waals surface area (Å²) in [5, 5.41) is 3.58. The van der Waals surface area contributed by atoms with Crippen LogP contribution in [0.25, 0.3) is 10.9 Å². The molecule has 0 saturated carbocycles. The molecule has 8 heteroatoms. The smallest absolute Gasteiger partial charge is 0.230 e. The lowest BCUT2D eigenvalue weighted by Crippen LogP contribution is -2.15. The fraction of sp³-hybridized carbons (Fsp3) is 0.174. The molecule has 0 aliphatic heterocycles.